The van der Waals surface area contributed by atoms with E-state index < -0.39 is 0 Å². The van der Waals surface area contributed by atoms with E-state index in [9.17, 15) is 4.79 Å². The van der Waals surface area contributed by atoms with E-state index >= 15 is 0 Å². The van der Waals surface area contributed by atoms with Crippen LogP contribution < -0.4 is 10.2 Å². The Kier molecular flexibility index (Phi) is 5.20. The number of carbonyl (C=O) groups excluding carboxylic acids is 1. The molecule has 7 nitrogen and oxygen atoms in total. The molecule has 1 aliphatic rings. The Balaban J connectivity index is 1.57. The minimum Gasteiger partial charge on any atom is -0.354 e. The van der Waals surface area contributed by atoms with Gasteiger partial charge in [0, 0.05) is 51.3 Å². The van der Waals surface area contributed by atoms with Gasteiger partial charge in [-0.2, -0.15) is 0 Å². The molecule has 1 N–H and O–H groups in total. The average molecular weight is 326 g/mol. The number of rotatable bonds is 5. The molecule has 1 saturated heterocycles. The Morgan fingerprint density at radius 1 is 1.12 bits per heavy atom. The van der Waals surface area contributed by atoms with Crippen LogP contribution in [0.25, 0.3) is 0 Å². The average Bonchev–Trinajstić information content (AvgIpc) is 2.67. The van der Waals surface area contributed by atoms with Gasteiger partial charge in [0.2, 0.25) is 5.95 Å². The van der Waals surface area contributed by atoms with Crippen LogP contribution in [0, 0.1) is 0 Å². The maximum Gasteiger partial charge on any atom is 0.257 e. The first-order valence-electron chi connectivity index (χ1n) is 8.29. The maximum atomic E-state index is 12.6. The lowest BCUT2D eigenvalue weighted by Crippen LogP contribution is -2.49. The van der Waals surface area contributed by atoms with E-state index in [0.29, 0.717) is 24.6 Å². The van der Waals surface area contributed by atoms with Gasteiger partial charge < -0.3 is 15.1 Å². The van der Waals surface area contributed by atoms with Crippen molar-refractivity contribution in [2.45, 2.75) is 13.3 Å². The van der Waals surface area contributed by atoms with Gasteiger partial charge in [-0.1, -0.05) is 13.0 Å². The van der Waals surface area contributed by atoms with Gasteiger partial charge in [0.25, 0.3) is 5.91 Å². The summed E-state index contributed by atoms with van der Waals surface area (Å²) in [5.74, 6) is 1.50. The molecule has 1 fully saturated rings. The SMILES string of the molecule is CCCNc1ncc(C(=O)N2CCN(c3ccccn3)CC2)cn1. The third kappa shape index (κ3) is 3.79. The first-order chi connectivity index (χ1) is 11.8. The summed E-state index contributed by atoms with van der Waals surface area (Å²) in [5, 5.41) is 3.10. The number of aromatic nitrogens is 3. The maximum absolute atomic E-state index is 12.6. The van der Waals surface area contributed by atoms with Gasteiger partial charge in [-0.25, -0.2) is 15.0 Å². The Hall–Kier alpha value is -2.70. The van der Waals surface area contributed by atoms with Crippen LogP contribution in [-0.4, -0.2) is 58.5 Å². The van der Waals surface area contributed by atoms with Crippen molar-refractivity contribution in [2.24, 2.45) is 0 Å². The van der Waals surface area contributed by atoms with E-state index in [1.807, 2.05) is 23.1 Å². The van der Waals surface area contributed by atoms with Crippen LogP contribution in [0.5, 0.6) is 0 Å². The molecule has 126 valence electrons. The summed E-state index contributed by atoms with van der Waals surface area (Å²) in [6.45, 7) is 5.80. The smallest absolute Gasteiger partial charge is 0.257 e. The lowest BCUT2D eigenvalue weighted by atomic mass is 10.2. The fourth-order valence-electron chi connectivity index (χ4n) is 2.63. The second kappa shape index (κ2) is 7.72. The van der Waals surface area contributed by atoms with E-state index in [1.54, 1.807) is 18.6 Å². The van der Waals surface area contributed by atoms with Gasteiger partial charge in [-0.3, -0.25) is 4.79 Å². The molecule has 24 heavy (non-hydrogen) atoms. The van der Waals surface area contributed by atoms with Crippen molar-refractivity contribution in [3.05, 3.63) is 42.4 Å². The highest BCUT2D eigenvalue weighted by Crippen LogP contribution is 2.14. The molecule has 3 heterocycles. The molecule has 0 unspecified atom stereocenters. The molecule has 3 rings (SSSR count). The van der Waals surface area contributed by atoms with Crippen LogP contribution in [0.1, 0.15) is 23.7 Å². The Bertz CT molecular complexity index is 653. The zero-order valence-corrected chi connectivity index (χ0v) is 13.9. The summed E-state index contributed by atoms with van der Waals surface area (Å²) in [4.78, 5) is 29.4. The summed E-state index contributed by atoms with van der Waals surface area (Å²) in [7, 11) is 0. The van der Waals surface area contributed by atoms with Gasteiger partial charge in [-0.05, 0) is 18.6 Å². The number of pyridine rings is 1. The highest BCUT2D eigenvalue weighted by Gasteiger charge is 2.23. The lowest BCUT2D eigenvalue weighted by molar-refractivity contribution is 0.0745. The van der Waals surface area contributed by atoms with E-state index in [0.717, 1.165) is 31.9 Å². The predicted octanol–water partition coefficient (Wildman–Crippen LogP) is 1.66. The van der Waals surface area contributed by atoms with Crippen LogP contribution in [0.4, 0.5) is 11.8 Å². The Morgan fingerprint density at radius 3 is 2.50 bits per heavy atom. The molecule has 0 bridgehead atoms. The van der Waals surface area contributed by atoms with Crippen LogP contribution in [-0.2, 0) is 0 Å². The molecule has 1 amide bonds. The fraction of sp³-hybridized carbons (Fsp3) is 0.412. The van der Waals surface area contributed by atoms with Gasteiger partial charge in [0.05, 0.1) is 5.56 Å². The minimum atomic E-state index is -0.0160. The Labute approximate surface area is 141 Å². The van der Waals surface area contributed by atoms with Crippen molar-refractivity contribution in [2.75, 3.05) is 42.9 Å². The van der Waals surface area contributed by atoms with Crippen molar-refractivity contribution >= 4 is 17.7 Å². The number of piperazine rings is 1. The summed E-state index contributed by atoms with van der Waals surface area (Å²) < 4.78 is 0. The number of hydrogen-bond acceptors (Lipinski definition) is 6. The monoisotopic (exact) mass is 326 g/mol. The van der Waals surface area contributed by atoms with E-state index in [4.69, 9.17) is 0 Å². The quantitative estimate of drug-likeness (QED) is 0.901. The molecule has 0 spiro atoms. The first kappa shape index (κ1) is 16.2. The molecular weight excluding hydrogens is 304 g/mol. The second-order valence-electron chi connectivity index (χ2n) is 5.69. The molecule has 0 aliphatic carbocycles. The largest absolute Gasteiger partial charge is 0.354 e. The Morgan fingerprint density at radius 2 is 1.88 bits per heavy atom. The minimum absolute atomic E-state index is 0.0160. The number of nitrogens with one attached hydrogen (secondary N) is 1. The number of hydrogen-bond donors (Lipinski definition) is 1. The van der Waals surface area contributed by atoms with E-state index in [-0.39, 0.29) is 5.91 Å². The van der Waals surface area contributed by atoms with Gasteiger partial charge in [0.15, 0.2) is 0 Å². The summed E-state index contributed by atoms with van der Waals surface area (Å²) in [6.07, 6.45) is 5.99. The number of anilines is 2. The van der Waals surface area contributed by atoms with Gasteiger partial charge >= 0.3 is 0 Å². The third-order valence-electron chi connectivity index (χ3n) is 3.97. The van der Waals surface area contributed by atoms with Crippen LogP contribution >= 0.6 is 0 Å². The molecule has 7 heteroatoms. The van der Waals surface area contributed by atoms with Gasteiger partial charge in [0.1, 0.15) is 5.82 Å². The molecular formula is C17H22N6O. The zero-order chi connectivity index (χ0) is 16.8. The normalized spacial score (nSPS) is 14.5. The predicted molar refractivity (Wildman–Crippen MR) is 93.2 cm³/mol. The number of amides is 1. The van der Waals surface area contributed by atoms with Gasteiger partial charge in [-0.15, -0.1) is 0 Å². The zero-order valence-electron chi connectivity index (χ0n) is 13.9. The summed E-state index contributed by atoms with van der Waals surface area (Å²) >= 11 is 0. The highest BCUT2D eigenvalue weighted by molar-refractivity contribution is 5.93. The molecule has 1 aliphatic heterocycles. The van der Waals surface area contributed by atoms with Crippen molar-refractivity contribution < 1.29 is 4.79 Å². The van der Waals surface area contributed by atoms with E-state index in [2.05, 4.69) is 32.1 Å². The first-order valence-corrected chi connectivity index (χ1v) is 8.29. The van der Waals surface area contributed by atoms with Crippen molar-refractivity contribution in [1.82, 2.24) is 19.9 Å². The standard InChI is InChI=1S/C17H22N6O/c1-2-6-19-17-20-12-14(13-21-17)16(24)23-10-8-22(9-11-23)15-5-3-4-7-18-15/h3-5,7,12-13H,2,6,8-11H2,1H3,(H,19,20,21). The fourth-order valence-corrected chi connectivity index (χ4v) is 2.63. The third-order valence-corrected chi connectivity index (χ3v) is 3.97. The topological polar surface area (TPSA) is 74.2 Å². The molecule has 2 aromatic rings. The number of carbonyl (C=O) groups is 1. The van der Waals surface area contributed by atoms with Crippen molar-refractivity contribution in [3.8, 4) is 0 Å². The molecule has 0 atom stereocenters. The van der Waals surface area contributed by atoms with Crippen molar-refractivity contribution in [3.63, 3.8) is 0 Å². The molecule has 0 saturated carbocycles. The lowest BCUT2D eigenvalue weighted by Gasteiger charge is -2.35. The van der Waals surface area contributed by atoms with Crippen LogP contribution in [0.3, 0.4) is 0 Å². The summed E-state index contributed by atoms with van der Waals surface area (Å²) in [6, 6.07) is 5.88. The molecule has 2 aromatic heterocycles. The highest BCUT2D eigenvalue weighted by atomic mass is 16.2. The molecule has 0 aromatic carbocycles. The second-order valence-corrected chi connectivity index (χ2v) is 5.69. The van der Waals surface area contributed by atoms with Crippen LogP contribution in [0.15, 0.2) is 36.8 Å². The summed E-state index contributed by atoms with van der Waals surface area (Å²) in [5.41, 5.74) is 0.531. The van der Waals surface area contributed by atoms with Crippen LogP contribution in [0.2, 0.25) is 0 Å². The molecule has 0 radical (unpaired) electrons. The van der Waals surface area contributed by atoms with Crippen molar-refractivity contribution in [1.29, 1.82) is 0 Å². The number of nitrogens with zero attached hydrogens (tertiary/aromatic N) is 5. The van der Waals surface area contributed by atoms with E-state index in [1.165, 1.54) is 0 Å².